The number of aromatic nitrogens is 2. The van der Waals surface area contributed by atoms with Crippen molar-refractivity contribution in [3.05, 3.63) is 58.0 Å². The van der Waals surface area contributed by atoms with Gasteiger partial charge in [-0.05, 0) is 29.7 Å². The number of carbonyl (C=O) groups is 1. The zero-order chi connectivity index (χ0) is 22.5. The van der Waals surface area contributed by atoms with Gasteiger partial charge in [-0.15, -0.1) is 0 Å². The van der Waals surface area contributed by atoms with Gasteiger partial charge in [-0.2, -0.15) is 5.10 Å². The van der Waals surface area contributed by atoms with Gasteiger partial charge in [0.25, 0.3) is 11.5 Å². The first kappa shape index (κ1) is 22.1. The van der Waals surface area contributed by atoms with Gasteiger partial charge in [-0.3, -0.25) is 9.59 Å². The third-order valence-electron chi connectivity index (χ3n) is 4.80. The molecular weight excluding hydrogens is 398 g/mol. The lowest BCUT2D eigenvalue weighted by Crippen LogP contribution is -2.31. The standard InChI is InChI=1S/C23H27N3O5/c1-14(2)13-26-23(28)17-9-7-6-8-16(17)20(25-26)22(27)24-12-15-10-18(29-3)21(31-5)19(11-15)30-4/h6-11,14H,12-13H2,1-5H3,(H,24,27). The molecule has 1 heterocycles. The number of methoxy groups -OCH3 is 3. The van der Waals surface area contributed by atoms with E-state index in [9.17, 15) is 9.59 Å². The van der Waals surface area contributed by atoms with E-state index in [1.54, 1.807) is 36.4 Å². The molecule has 164 valence electrons. The quantitative estimate of drug-likeness (QED) is 0.597. The summed E-state index contributed by atoms with van der Waals surface area (Å²) in [6, 6.07) is 10.6. The molecular formula is C23H27N3O5. The molecule has 0 aliphatic heterocycles. The summed E-state index contributed by atoms with van der Waals surface area (Å²) < 4.78 is 17.4. The monoisotopic (exact) mass is 425 g/mol. The highest BCUT2D eigenvalue weighted by Gasteiger charge is 2.18. The van der Waals surface area contributed by atoms with E-state index in [1.807, 2.05) is 13.8 Å². The maximum absolute atomic E-state index is 13.0. The van der Waals surface area contributed by atoms with Crippen molar-refractivity contribution in [3.8, 4) is 17.2 Å². The van der Waals surface area contributed by atoms with Crippen molar-refractivity contribution in [2.45, 2.75) is 26.9 Å². The molecule has 0 saturated carbocycles. The predicted molar refractivity (Wildman–Crippen MR) is 118 cm³/mol. The Hall–Kier alpha value is -3.55. The average molecular weight is 425 g/mol. The van der Waals surface area contributed by atoms with E-state index >= 15 is 0 Å². The van der Waals surface area contributed by atoms with Crippen molar-refractivity contribution in [1.29, 1.82) is 0 Å². The van der Waals surface area contributed by atoms with Gasteiger partial charge in [-0.25, -0.2) is 4.68 Å². The normalized spacial score (nSPS) is 10.9. The van der Waals surface area contributed by atoms with Crippen LogP contribution in [-0.4, -0.2) is 37.0 Å². The second kappa shape index (κ2) is 9.51. The van der Waals surface area contributed by atoms with Crippen LogP contribution in [0.15, 0.2) is 41.2 Å². The molecule has 2 aromatic carbocycles. The molecule has 0 radical (unpaired) electrons. The Labute approximate surface area is 180 Å². The van der Waals surface area contributed by atoms with Gasteiger partial charge in [0.2, 0.25) is 5.75 Å². The molecule has 3 rings (SSSR count). The van der Waals surface area contributed by atoms with Gasteiger partial charge in [0.1, 0.15) is 0 Å². The number of nitrogens with zero attached hydrogens (tertiary/aromatic N) is 2. The molecule has 0 spiro atoms. The smallest absolute Gasteiger partial charge is 0.274 e. The highest BCUT2D eigenvalue weighted by atomic mass is 16.5. The average Bonchev–Trinajstić information content (AvgIpc) is 2.78. The summed E-state index contributed by atoms with van der Waals surface area (Å²) in [7, 11) is 4.60. The Bertz CT molecular complexity index is 1130. The van der Waals surface area contributed by atoms with Gasteiger partial charge in [0.05, 0.1) is 26.7 Å². The number of nitrogens with one attached hydrogen (secondary N) is 1. The first-order valence-electron chi connectivity index (χ1n) is 9.96. The van der Waals surface area contributed by atoms with E-state index < -0.39 is 0 Å². The fourth-order valence-corrected chi connectivity index (χ4v) is 3.38. The number of benzene rings is 2. The molecule has 0 aliphatic carbocycles. The molecule has 1 aromatic heterocycles. The summed E-state index contributed by atoms with van der Waals surface area (Å²) in [6.07, 6.45) is 0. The van der Waals surface area contributed by atoms with Crippen LogP contribution < -0.4 is 25.1 Å². The van der Waals surface area contributed by atoms with E-state index in [0.29, 0.717) is 34.6 Å². The highest BCUT2D eigenvalue weighted by Crippen LogP contribution is 2.38. The third-order valence-corrected chi connectivity index (χ3v) is 4.80. The fourth-order valence-electron chi connectivity index (χ4n) is 3.38. The lowest BCUT2D eigenvalue weighted by atomic mass is 10.1. The molecule has 8 nitrogen and oxygen atoms in total. The number of amides is 1. The SMILES string of the molecule is COc1cc(CNC(=O)c2nn(CC(C)C)c(=O)c3ccccc23)cc(OC)c1OC. The summed E-state index contributed by atoms with van der Waals surface area (Å²) in [5.41, 5.74) is 0.774. The third kappa shape index (κ3) is 4.63. The predicted octanol–water partition coefficient (Wildman–Crippen LogP) is 3.01. The second-order valence-corrected chi connectivity index (χ2v) is 7.49. The van der Waals surface area contributed by atoms with E-state index in [4.69, 9.17) is 14.2 Å². The Morgan fingerprint density at radius 3 is 2.19 bits per heavy atom. The van der Waals surface area contributed by atoms with Crippen molar-refractivity contribution in [2.75, 3.05) is 21.3 Å². The second-order valence-electron chi connectivity index (χ2n) is 7.49. The van der Waals surface area contributed by atoms with E-state index in [1.165, 1.54) is 26.0 Å². The molecule has 0 saturated heterocycles. The van der Waals surface area contributed by atoms with Crippen LogP contribution in [0.2, 0.25) is 0 Å². The summed E-state index contributed by atoms with van der Waals surface area (Å²) in [6.45, 7) is 4.63. The van der Waals surface area contributed by atoms with Crippen LogP contribution in [0, 0.1) is 5.92 Å². The minimum absolute atomic E-state index is 0.203. The Morgan fingerprint density at radius 2 is 1.65 bits per heavy atom. The summed E-state index contributed by atoms with van der Waals surface area (Å²) >= 11 is 0. The van der Waals surface area contributed by atoms with Crippen LogP contribution in [0.25, 0.3) is 10.8 Å². The van der Waals surface area contributed by atoms with Crippen molar-refractivity contribution in [2.24, 2.45) is 5.92 Å². The van der Waals surface area contributed by atoms with Gasteiger partial charge in [0.15, 0.2) is 17.2 Å². The molecule has 0 unspecified atom stereocenters. The molecule has 0 bridgehead atoms. The summed E-state index contributed by atoms with van der Waals surface area (Å²) in [5, 5.41) is 8.24. The van der Waals surface area contributed by atoms with Crippen LogP contribution in [0.4, 0.5) is 0 Å². The van der Waals surface area contributed by atoms with Crippen LogP contribution in [0.1, 0.15) is 29.9 Å². The summed E-state index contributed by atoms with van der Waals surface area (Å²) in [5.74, 6) is 1.32. The summed E-state index contributed by atoms with van der Waals surface area (Å²) in [4.78, 5) is 25.8. The van der Waals surface area contributed by atoms with Gasteiger partial charge < -0.3 is 19.5 Å². The van der Waals surface area contributed by atoms with E-state index in [0.717, 1.165) is 5.56 Å². The lowest BCUT2D eigenvalue weighted by Gasteiger charge is -2.15. The van der Waals surface area contributed by atoms with Crippen molar-refractivity contribution in [3.63, 3.8) is 0 Å². The lowest BCUT2D eigenvalue weighted by molar-refractivity contribution is 0.0945. The zero-order valence-corrected chi connectivity index (χ0v) is 18.4. The molecule has 1 N–H and O–H groups in total. The Morgan fingerprint density at radius 1 is 1.03 bits per heavy atom. The topological polar surface area (TPSA) is 91.7 Å². The van der Waals surface area contributed by atoms with Crippen LogP contribution in [-0.2, 0) is 13.1 Å². The first-order chi connectivity index (χ1) is 14.9. The molecule has 1 amide bonds. The minimum atomic E-state index is -0.373. The number of fused-ring (bicyclic) bond motifs is 1. The first-order valence-corrected chi connectivity index (χ1v) is 9.96. The highest BCUT2D eigenvalue weighted by molar-refractivity contribution is 6.04. The van der Waals surface area contributed by atoms with Gasteiger partial charge in [0, 0.05) is 18.5 Å². The van der Waals surface area contributed by atoms with Crippen LogP contribution >= 0.6 is 0 Å². The van der Waals surface area contributed by atoms with Gasteiger partial charge in [-0.1, -0.05) is 32.0 Å². The van der Waals surface area contributed by atoms with Gasteiger partial charge >= 0.3 is 0 Å². The molecule has 3 aromatic rings. The van der Waals surface area contributed by atoms with Crippen molar-refractivity contribution in [1.82, 2.24) is 15.1 Å². The maximum Gasteiger partial charge on any atom is 0.274 e. The van der Waals surface area contributed by atoms with Crippen LogP contribution in [0.3, 0.4) is 0 Å². The molecule has 0 aliphatic rings. The zero-order valence-electron chi connectivity index (χ0n) is 18.4. The fraction of sp³-hybridized carbons (Fsp3) is 0.348. The van der Waals surface area contributed by atoms with E-state index in [2.05, 4.69) is 10.4 Å². The van der Waals surface area contributed by atoms with E-state index in [-0.39, 0.29) is 29.6 Å². The Balaban J connectivity index is 1.94. The van der Waals surface area contributed by atoms with Crippen molar-refractivity contribution < 1.29 is 19.0 Å². The molecule has 0 fully saturated rings. The number of rotatable bonds is 8. The number of hydrogen-bond acceptors (Lipinski definition) is 6. The van der Waals surface area contributed by atoms with Crippen molar-refractivity contribution >= 4 is 16.7 Å². The number of ether oxygens (including phenoxy) is 3. The maximum atomic E-state index is 13.0. The minimum Gasteiger partial charge on any atom is -0.493 e. The number of carbonyl (C=O) groups excluding carboxylic acids is 1. The molecule has 31 heavy (non-hydrogen) atoms. The molecule has 0 atom stereocenters. The Kier molecular flexibility index (Phi) is 6.79. The molecule has 8 heteroatoms. The largest absolute Gasteiger partial charge is 0.493 e. The number of hydrogen-bond donors (Lipinski definition) is 1. The van der Waals surface area contributed by atoms with Crippen LogP contribution in [0.5, 0.6) is 17.2 Å².